The van der Waals surface area contributed by atoms with Crippen LogP contribution in [0.25, 0.3) is 0 Å². The Kier molecular flexibility index (Phi) is 9.61. The van der Waals surface area contributed by atoms with Crippen LogP contribution in [0, 0.1) is 0 Å². The maximum absolute atomic E-state index is 10.9. The number of nitrogens with zero attached hydrogens (tertiary/aromatic N) is 2. The molecule has 1 fully saturated rings. The third-order valence-electron chi connectivity index (χ3n) is 4.43. The Bertz CT molecular complexity index is 678. The van der Waals surface area contributed by atoms with Crippen molar-refractivity contribution >= 4 is 46.7 Å². The Hall–Kier alpha value is -1.11. The summed E-state index contributed by atoms with van der Waals surface area (Å²) in [6.07, 6.45) is 0. The molecule has 1 saturated heterocycles. The zero-order valence-corrected chi connectivity index (χ0v) is 17.5. The number of hydrogen-bond acceptors (Lipinski definition) is 3. The molecule has 0 amide bonds. The van der Waals surface area contributed by atoms with Gasteiger partial charge in [-0.15, -0.1) is 24.8 Å². The fourth-order valence-electron chi connectivity index (χ4n) is 3.27. The molecule has 1 heterocycles. The average molecular weight is 462 g/mol. The van der Waals surface area contributed by atoms with Crippen LogP contribution < -0.4 is 0 Å². The maximum Gasteiger partial charge on any atom is 0.317 e. The van der Waals surface area contributed by atoms with Gasteiger partial charge in [0.25, 0.3) is 0 Å². The van der Waals surface area contributed by atoms with Crippen molar-refractivity contribution in [3.05, 3.63) is 70.2 Å². The quantitative estimate of drug-likeness (QED) is 0.728. The second kappa shape index (κ2) is 10.9. The summed E-state index contributed by atoms with van der Waals surface area (Å²) in [4.78, 5) is 15.3. The molecular weight excluding hydrogens is 439 g/mol. The highest BCUT2D eigenvalue weighted by Gasteiger charge is 2.26. The number of carbonyl (C=O) groups is 1. The standard InChI is InChI=1S/C19H21BrN2O2.2ClH/c20-17-8-6-16(7-9-17)19(15-4-2-1-3-5-15)22-12-10-21(11-13-22)14-18(23)24;;/h1-9,19H,10-14H2,(H,23,24);2*1H. The molecule has 2 aromatic rings. The Labute approximate surface area is 175 Å². The zero-order chi connectivity index (χ0) is 16.9. The summed E-state index contributed by atoms with van der Waals surface area (Å²) < 4.78 is 1.07. The van der Waals surface area contributed by atoms with Crippen molar-refractivity contribution in [3.8, 4) is 0 Å². The first-order valence-corrected chi connectivity index (χ1v) is 8.91. The van der Waals surface area contributed by atoms with Gasteiger partial charge in [-0.05, 0) is 23.3 Å². The van der Waals surface area contributed by atoms with Gasteiger partial charge < -0.3 is 5.11 Å². The SMILES string of the molecule is Cl.Cl.O=C(O)CN1CCN(C(c2ccccc2)c2ccc(Br)cc2)CC1. The van der Waals surface area contributed by atoms with Crippen LogP contribution in [0.5, 0.6) is 0 Å². The van der Waals surface area contributed by atoms with E-state index in [4.69, 9.17) is 5.11 Å². The first-order valence-electron chi connectivity index (χ1n) is 8.12. The molecule has 142 valence electrons. The number of carboxylic acids is 1. The summed E-state index contributed by atoms with van der Waals surface area (Å²) in [6.45, 7) is 3.42. The van der Waals surface area contributed by atoms with Crippen molar-refractivity contribution in [1.29, 1.82) is 0 Å². The third kappa shape index (κ3) is 5.96. The molecule has 0 aliphatic carbocycles. The summed E-state index contributed by atoms with van der Waals surface area (Å²) in [6, 6.07) is 19.2. The first kappa shape index (κ1) is 22.9. The minimum absolute atomic E-state index is 0. The van der Waals surface area contributed by atoms with E-state index in [0.717, 1.165) is 30.7 Å². The highest BCUT2D eigenvalue weighted by atomic mass is 79.9. The second-order valence-corrected chi connectivity index (χ2v) is 6.99. The molecule has 0 bridgehead atoms. The van der Waals surface area contributed by atoms with Crippen molar-refractivity contribution in [2.24, 2.45) is 0 Å². The van der Waals surface area contributed by atoms with Gasteiger partial charge in [-0.2, -0.15) is 0 Å². The highest BCUT2D eigenvalue weighted by molar-refractivity contribution is 9.10. The molecule has 1 aliphatic rings. The Morgan fingerprint density at radius 3 is 2.00 bits per heavy atom. The summed E-state index contributed by atoms with van der Waals surface area (Å²) in [7, 11) is 0. The minimum atomic E-state index is -0.754. The molecule has 0 spiro atoms. The predicted octanol–water partition coefficient (Wildman–Crippen LogP) is 4.08. The predicted molar refractivity (Wildman–Crippen MR) is 113 cm³/mol. The number of carboxylic acid groups (broad SMARTS) is 1. The van der Waals surface area contributed by atoms with Crippen LogP contribution in [-0.4, -0.2) is 53.6 Å². The van der Waals surface area contributed by atoms with Crippen LogP contribution in [0.1, 0.15) is 17.2 Å². The number of benzene rings is 2. The van der Waals surface area contributed by atoms with E-state index in [-0.39, 0.29) is 37.4 Å². The smallest absolute Gasteiger partial charge is 0.317 e. The molecule has 4 nitrogen and oxygen atoms in total. The molecule has 0 saturated carbocycles. The second-order valence-electron chi connectivity index (χ2n) is 6.07. The zero-order valence-electron chi connectivity index (χ0n) is 14.3. The number of rotatable bonds is 5. The van der Waals surface area contributed by atoms with Gasteiger partial charge in [-0.1, -0.05) is 58.4 Å². The van der Waals surface area contributed by atoms with Gasteiger partial charge in [0.15, 0.2) is 0 Å². The molecule has 1 N–H and O–H groups in total. The van der Waals surface area contributed by atoms with E-state index in [0.29, 0.717) is 0 Å². The largest absolute Gasteiger partial charge is 0.480 e. The molecule has 26 heavy (non-hydrogen) atoms. The van der Waals surface area contributed by atoms with Crippen molar-refractivity contribution in [1.82, 2.24) is 9.80 Å². The van der Waals surface area contributed by atoms with Crippen molar-refractivity contribution in [2.45, 2.75) is 6.04 Å². The monoisotopic (exact) mass is 460 g/mol. The maximum atomic E-state index is 10.9. The van der Waals surface area contributed by atoms with E-state index >= 15 is 0 Å². The lowest BCUT2D eigenvalue weighted by molar-refractivity contribution is -0.138. The fraction of sp³-hybridized carbons (Fsp3) is 0.316. The summed E-state index contributed by atoms with van der Waals surface area (Å²) in [5.41, 5.74) is 2.53. The lowest BCUT2D eigenvalue weighted by Gasteiger charge is -2.39. The van der Waals surface area contributed by atoms with Crippen molar-refractivity contribution in [2.75, 3.05) is 32.7 Å². The number of halogens is 3. The molecular formula is C19H23BrCl2N2O2. The van der Waals surface area contributed by atoms with Gasteiger partial charge in [0.1, 0.15) is 0 Å². The van der Waals surface area contributed by atoms with E-state index in [2.05, 4.69) is 69.4 Å². The summed E-state index contributed by atoms with van der Waals surface area (Å²) >= 11 is 3.50. The van der Waals surface area contributed by atoms with Crippen LogP contribution in [0.15, 0.2) is 59.1 Å². The van der Waals surface area contributed by atoms with Crippen LogP contribution in [0.3, 0.4) is 0 Å². The van der Waals surface area contributed by atoms with Crippen LogP contribution >= 0.6 is 40.7 Å². The molecule has 7 heteroatoms. The third-order valence-corrected chi connectivity index (χ3v) is 4.96. The summed E-state index contributed by atoms with van der Waals surface area (Å²) in [5, 5.41) is 8.96. The molecule has 1 aliphatic heterocycles. The minimum Gasteiger partial charge on any atom is -0.480 e. The molecule has 1 atom stereocenters. The molecule has 2 aromatic carbocycles. The van der Waals surface area contributed by atoms with Gasteiger partial charge in [-0.25, -0.2) is 0 Å². The van der Waals surface area contributed by atoms with E-state index in [1.165, 1.54) is 11.1 Å². The summed E-state index contributed by atoms with van der Waals surface area (Å²) in [5.74, 6) is -0.754. The van der Waals surface area contributed by atoms with Crippen molar-refractivity contribution < 1.29 is 9.90 Å². The molecule has 0 radical (unpaired) electrons. The van der Waals surface area contributed by atoms with Gasteiger partial charge >= 0.3 is 5.97 Å². The first-order chi connectivity index (χ1) is 11.6. The van der Waals surface area contributed by atoms with Gasteiger partial charge in [0.2, 0.25) is 0 Å². The van der Waals surface area contributed by atoms with E-state index in [1.807, 2.05) is 11.0 Å². The molecule has 3 rings (SSSR count). The van der Waals surface area contributed by atoms with Crippen LogP contribution in [0.4, 0.5) is 0 Å². The van der Waals surface area contributed by atoms with Crippen LogP contribution in [0.2, 0.25) is 0 Å². The number of aliphatic carboxylic acids is 1. The number of piperazine rings is 1. The average Bonchev–Trinajstić information content (AvgIpc) is 2.59. The van der Waals surface area contributed by atoms with Gasteiger partial charge in [-0.3, -0.25) is 14.6 Å². The molecule has 1 unspecified atom stereocenters. The van der Waals surface area contributed by atoms with Crippen LogP contribution in [-0.2, 0) is 4.79 Å². The lowest BCUT2D eigenvalue weighted by Crippen LogP contribution is -2.49. The van der Waals surface area contributed by atoms with E-state index in [1.54, 1.807) is 0 Å². The van der Waals surface area contributed by atoms with E-state index < -0.39 is 5.97 Å². The van der Waals surface area contributed by atoms with Gasteiger partial charge in [0.05, 0.1) is 12.6 Å². The lowest BCUT2D eigenvalue weighted by atomic mass is 9.96. The molecule has 0 aromatic heterocycles. The van der Waals surface area contributed by atoms with Crippen molar-refractivity contribution in [3.63, 3.8) is 0 Å². The Morgan fingerprint density at radius 1 is 0.923 bits per heavy atom. The van der Waals surface area contributed by atoms with E-state index in [9.17, 15) is 4.79 Å². The highest BCUT2D eigenvalue weighted by Crippen LogP contribution is 2.30. The number of hydrogen-bond donors (Lipinski definition) is 1. The Morgan fingerprint density at radius 2 is 1.46 bits per heavy atom. The normalized spacial score (nSPS) is 16.2. The fourth-order valence-corrected chi connectivity index (χ4v) is 3.53. The topological polar surface area (TPSA) is 43.8 Å². The van der Waals surface area contributed by atoms with Gasteiger partial charge in [0, 0.05) is 30.7 Å². The Balaban J connectivity index is 0.00000169.